The molecule has 0 unspecified atom stereocenters. The molecule has 0 bridgehead atoms. The fourth-order valence-corrected chi connectivity index (χ4v) is 3.46. The molecule has 4 rings (SSSR count). The number of fused-ring (bicyclic) bond motifs is 1. The smallest absolute Gasteiger partial charge is 0.251 e. The zero-order valence-electron chi connectivity index (χ0n) is 14.3. The molecule has 7 heteroatoms. The van der Waals surface area contributed by atoms with Crippen molar-refractivity contribution < 1.29 is 13.6 Å². The lowest BCUT2D eigenvalue weighted by Crippen LogP contribution is -2.21. The number of rotatable bonds is 2. The molecule has 3 aromatic rings. The number of nitrogens with zero attached hydrogens (tertiary/aromatic N) is 4. The average Bonchev–Trinajstić information content (AvgIpc) is 2.97. The average molecular weight is 354 g/mol. The molecule has 0 spiro atoms. The predicted molar refractivity (Wildman–Crippen MR) is 90.4 cm³/mol. The molecule has 0 amide bonds. The van der Waals surface area contributed by atoms with Crippen molar-refractivity contribution in [2.45, 2.75) is 32.6 Å². The third kappa shape index (κ3) is 2.89. The molecule has 2 aromatic heterocycles. The summed E-state index contributed by atoms with van der Waals surface area (Å²) in [6, 6.07) is 5.23. The van der Waals surface area contributed by atoms with Crippen molar-refractivity contribution >= 4 is 5.78 Å². The second kappa shape index (κ2) is 6.09. The number of halogens is 2. The molecule has 0 aliphatic heterocycles. The maximum Gasteiger partial charge on any atom is 0.251 e. The van der Waals surface area contributed by atoms with Crippen molar-refractivity contribution in [3.63, 3.8) is 0 Å². The molecule has 1 atom stereocenters. The molecule has 0 fully saturated rings. The van der Waals surface area contributed by atoms with Crippen LogP contribution in [0, 0.1) is 25.5 Å². The highest BCUT2D eigenvalue weighted by atomic mass is 19.1. The number of hydrogen-bond donors (Lipinski definition) is 0. The first-order valence-electron chi connectivity index (χ1n) is 8.29. The molecule has 2 heterocycles. The molecule has 0 radical (unpaired) electrons. The third-order valence-electron chi connectivity index (χ3n) is 4.56. The van der Waals surface area contributed by atoms with E-state index in [0.29, 0.717) is 29.2 Å². The van der Waals surface area contributed by atoms with E-state index in [-0.39, 0.29) is 18.1 Å². The van der Waals surface area contributed by atoms with Gasteiger partial charge in [0, 0.05) is 23.9 Å². The van der Waals surface area contributed by atoms with Crippen molar-refractivity contribution in [3.05, 3.63) is 70.3 Å². The first-order chi connectivity index (χ1) is 12.4. The van der Waals surface area contributed by atoms with Crippen molar-refractivity contribution in [2.75, 3.05) is 0 Å². The van der Waals surface area contributed by atoms with Crippen LogP contribution in [0.4, 0.5) is 8.78 Å². The minimum atomic E-state index is -0.649. The molecule has 0 N–H and O–H groups in total. The number of aryl methyl sites for hydroxylation is 2. The minimum absolute atomic E-state index is 0.100. The summed E-state index contributed by atoms with van der Waals surface area (Å²) in [5.41, 5.74) is 3.24. The topological polar surface area (TPSA) is 60.7 Å². The van der Waals surface area contributed by atoms with Crippen molar-refractivity contribution in [1.29, 1.82) is 0 Å². The molecule has 1 aliphatic rings. The van der Waals surface area contributed by atoms with Crippen molar-refractivity contribution in [1.82, 2.24) is 19.7 Å². The number of hydrogen-bond acceptors (Lipinski definition) is 4. The number of carbonyl (C=O) groups excluding carboxylic acids is 1. The number of Topliss-reactive ketones (excluding diaryl/α,β-unsaturated/α-hetero) is 1. The van der Waals surface area contributed by atoms with Crippen LogP contribution in [0.5, 0.6) is 0 Å². The summed E-state index contributed by atoms with van der Waals surface area (Å²) in [4.78, 5) is 21.3. The van der Waals surface area contributed by atoms with E-state index in [1.54, 1.807) is 4.68 Å². The zero-order chi connectivity index (χ0) is 18.4. The normalized spacial score (nSPS) is 16.6. The maximum atomic E-state index is 13.6. The van der Waals surface area contributed by atoms with Gasteiger partial charge in [0.15, 0.2) is 5.78 Å². The molecule has 1 aromatic carbocycles. The Labute approximate surface area is 148 Å². The van der Waals surface area contributed by atoms with Gasteiger partial charge >= 0.3 is 0 Å². The van der Waals surface area contributed by atoms with Gasteiger partial charge in [-0.05, 0) is 49.9 Å². The van der Waals surface area contributed by atoms with Crippen LogP contribution >= 0.6 is 0 Å². The van der Waals surface area contributed by atoms with Gasteiger partial charge in [-0.2, -0.15) is 5.10 Å². The summed E-state index contributed by atoms with van der Waals surface area (Å²) >= 11 is 0. The third-order valence-corrected chi connectivity index (χ3v) is 4.56. The molecule has 26 heavy (non-hydrogen) atoms. The van der Waals surface area contributed by atoms with Gasteiger partial charge in [-0.25, -0.2) is 23.4 Å². The van der Waals surface area contributed by atoms with Crippen LogP contribution in [0.1, 0.15) is 45.3 Å². The fraction of sp³-hybridized carbons (Fsp3) is 0.263. The zero-order valence-corrected chi connectivity index (χ0v) is 14.3. The lowest BCUT2D eigenvalue weighted by Gasteiger charge is -2.22. The van der Waals surface area contributed by atoms with Crippen LogP contribution in [0.15, 0.2) is 30.5 Å². The van der Waals surface area contributed by atoms with Gasteiger partial charge < -0.3 is 0 Å². The standard InChI is InChI=1S/C19H16F2N4O/c1-10-3-11(2)24-19(23-10)25-17-6-13(7-18(26)16(17)9-22-25)12-4-14(20)8-15(21)5-12/h3-5,8-9,13H,6-7H2,1-2H3/t13-/m0/s1. The number of benzene rings is 1. The first-order valence-corrected chi connectivity index (χ1v) is 8.29. The van der Waals surface area contributed by atoms with Crippen LogP contribution in [-0.4, -0.2) is 25.5 Å². The van der Waals surface area contributed by atoms with E-state index < -0.39 is 11.6 Å². The Balaban J connectivity index is 1.78. The Hall–Kier alpha value is -2.96. The Kier molecular flexibility index (Phi) is 3.86. The van der Waals surface area contributed by atoms with E-state index in [4.69, 9.17) is 0 Å². The second-order valence-corrected chi connectivity index (χ2v) is 6.60. The monoisotopic (exact) mass is 354 g/mol. The van der Waals surface area contributed by atoms with Crippen molar-refractivity contribution in [3.8, 4) is 5.95 Å². The lowest BCUT2D eigenvalue weighted by atomic mass is 9.82. The van der Waals surface area contributed by atoms with Gasteiger partial charge in [0.05, 0.1) is 17.5 Å². The summed E-state index contributed by atoms with van der Waals surface area (Å²) in [5.74, 6) is -1.32. The predicted octanol–water partition coefficient (Wildman–Crippen LogP) is 3.47. The lowest BCUT2D eigenvalue weighted by molar-refractivity contribution is 0.0963. The molecule has 5 nitrogen and oxygen atoms in total. The van der Waals surface area contributed by atoms with Crippen molar-refractivity contribution in [2.24, 2.45) is 0 Å². The highest BCUT2D eigenvalue weighted by molar-refractivity contribution is 5.98. The highest BCUT2D eigenvalue weighted by Gasteiger charge is 2.31. The maximum absolute atomic E-state index is 13.6. The number of ketones is 1. The largest absolute Gasteiger partial charge is 0.294 e. The van der Waals surface area contributed by atoms with E-state index in [2.05, 4.69) is 15.1 Å². The Morgan fingerprint density at radius 3 is 2.31 bits per heavy atom. The molecule has 132 valence electrons. The Morgan fingerprint density at radius 1 is 1.00 bits per heavy atom. The summed E-state index contributed by atoms with van der Waals surface area (Å²) in [7, 11) is 0. The molecule has 0 saturated carbocycles. The summed E-state index contributed by atoms with van der Waals surface area (Å²) in [6.45, 7) is 3.72. The van der Waals surface area contributed by atoms with Crippen LogP contribution in [0.2, 0.25) is 0 Å². The number of carbonyl (C=O) groups is 1. The van der Waals surface area contributed by atoms with E-state index in [9.17, 15) is 13.6 Å². The first kappa shape index (κ1) is 16.5. The van der Waals surface area contributed by atoms with E-state index in [1.165, 1.54) is 18.3 Å². The van der Waals surface area contributed by atoms with E-state index >= 15 is 0 Å². The molecule has 1 aliphatic carbocycles. The summed E-state index contributed by atoms with van der Waals surface area (Å²) < 4.78 is 28.7. The summed E-state index contributed by atoms with van der Waals surface area (Å²) in [6.07, 6.45) is 2.14. The van der Waals surface area contributed by atoms with Gasteiger partial charge in [0.2, 0.25) is 0 Å². The van der Waals surface area contributed by atoms with Crippen LogP contribution in [-0.2, 0) is 6.42 Å². The van der Waals surface area contributed by atoms with Gasteiger partial charge in [0.1, 0.15) is 11.6 Å². The van der Waals surface area contributed by atoms with Gasteiger partial charge in [-0.1, -0.05) is 0 Å². The summed E-state index contributed by atoms with van der Waals surface area (Å²) in [5, 5.41) is 4.29. The second-order valence-electron chi connectivity index (χ2n) is 6.60. The molecular formula is C19H16F2N4O. The fourth-order valence-electron chi connectivity index (χ4n) is 3.46. The minimum Gasteiger partial charge on any atom is -0.294 e. The highest BCUT2D eigenvalue weighted by Crippen LogP contribution is 2.34. The molecular weight excluding hydrogens is 338 g/mol. The van der Waals surface area contributed by atoms with Gasteiger partial charge in [0.25, 0.3) is 5.95 Å². The van der Waals surface area contributed by atoms with Gasteiger partial charge in [-0.3, -0.25) is 4.79 Å². The Bertz CT molecular complexity index is 988. The number of aromatic nitrogens is 4. The van der Waals surface area contributed by atoms with E-state index in [0.717, 1.165) is 17.5 Å². The SMILES string of the molecule is Cc1cc(C)nc(-n2ncc3c2C[C@H](c2cc(F)cc(F)c2)CC3=O)n1. The van der Waals surface area contributed by atoms with Crippen LogP contribution in [0.3, 0.4) is 0 Å². The van der Waals surface area contributed by atoms with Crippen LogP contribution in [0.25, 0.3) is 5.95 Å². The molecule has 0 saturated heterocycles. The quantitative estimate of drug-likeness (QED) is 0.707. The van der Waals surface area contributed by atoms with Crippen LogP contribution < -0.4 is 0 Å². The Morgan fingerprint density at radius 2 is 1.65 bits per heavy atom. The van der Waals surface area contributed by atoms with E-state index in [1.807, 2.05) is 19.9 Å². The van der Waals surface area contributed by atoms with Gasteiger partial charge in [-0.15, -0.1) is 0 Å².